The van der Waals surface area contributed by atoms with Crippen LogP contribution in [0.3, 0.4) is 0 Å². The first-order chi connectivity index (χ1) is 8.75. The summed E-state index contributed by atoms with van der Waals surface area (Å²) in [6.45, 7) is 1.80. The Bertz CT molecular complexity index is 399. The van der Waals surface area contributed by atoms with Gasteiger partial charge < -0.3 is 10.4 Å². The Balaban J connectivity index is 1.74. The van der Waals surface area contributed by atoms with Crippen LogP contribution in [0.4, 0.5) is 0 Å². The lowest BCUT2D eigenvalue weighted by atomic mass is 10.0. The summed E-state index contributed by atoms with van der Waals surface area (Å²) in [7, 11) is 0. The molecule has 1 fully saturated rings. The fourth-order valence-corrected chi connectivity index (χ4v) is 2.21. The summed E-state index contributed by atoms with van der Waals surface area (Å²) in [5, 5.41) is 12.3. The van der Waals surface area contributed by atoms with Crippen LogP contribution in [0, 0.1) is 5.92 Å². The van der Waals surface area contributed by atoms with Gasteiger partial charge in [0.2, 0.25) is 0 Å². The summed E-state index contributed by atoms with van der Waals surface area (Å²) in [4.78, 5) is 10.8. The van der Waals surface area contributed by atoms with Crippen molar-refractivity contribution in [3.63, 3.8) is 0 Å². The minimum Gasteiger partial charge on any atom is -0.481 e. The van der Waals surface area contributed by atoms with Gasteiger partial charge in [-0.3, -0.25) is 4.79 Å². The van der Waals surface area contributed by atoms with Crippen molar-refractivity contribution in [3.8, 4) is 0 Å². The molecule has 98 valence electrons. The largest absolute Gasteiger partial charge is 0.481 e. The first-order valence-corrected chi connectivity index (χ1v) is 6.75. The topological polar surface area (TPSA) is 49.3 Å². The van der Waals surface area contributed by atoms with Crippen LogP contribution < -0.4 is 5.32 Å². The van der Waals surface area contributed by atoms with E-state index in [-0.39, 0.29) is 6.42 Å². The predicted octanol–water partition coefficient (Wildman–Crippen LogP) is 2.59. The number of rotatable bonds is 8. The van der Waals surface area contributed by atoms with Crippen LogP contribution in [0.5, 0.6) is 0 Å². The lowest BCUT2D eigenvalue weighted by Crippen LogP contribution is -2.16. The van der Waals surface area contributed by atoms with Gasteiger partial charge in [-0.2, -0.15) is 0 Å². The van der Waals surface area contributed by atoms with Gasteiger partial charge in [0.25, 0.3) is 0 Å². The fourth-order valence-electron chi connectivity index (χ4n) is 2.21. The van der Waals surface area contributed by atoms with E-state index in [2.05, 4.69) is 5.32 Å². The quantitative estimate of drug-likeness (QED) is 0.694. The summed E-state index contributed by atoms with van der Waals surface area (Å²) in [5.41, 5.74) is 2.02. The Morgan fingerprint density at radius 2 is 2.00 bits per heavy atom. The second-order valence-corrected chi connectivity index (χ2v) is 5.10. The van der Waals surface area contributed by atoms with Crippen molar-refractivity contribution in [2.75, 3.05) is 6.54 Å². The van der Waals surface area contributed by atoms with Crippen LogP contribution in [-0.4, -0.2) is 17.6 Å². The maximum absolute atomic E-state index is 10.8. The van der Waals surface area contributed by atoms with Crippen molar-refractivity contribution in [1.82, 2.24) is 5.32 Å². The zero-order valence-electron chi connectivity index (χ0n) is 10.7. The molecular formula is C15H21NO2. The molecule has 1 aromatic rings. The Morgan fingerprint density at radius 1 is 1.28 bits per heavy atom. The zero-order valence-corrected chi connectivity index (χ0v) is 10.7. The molecule has 3 heteroatoms. The molecule has 1 aliphatic rings. The summed E-state index contributed by atoms with van der Waals surface area (Å²) in [6.07, 6.45) is 5.51. The number of carbonyl (C=O) groups is 1. The molecule has 1 saturated carbocycles. The summed E-state index contributed by atoms with van der Waals surface area (Å²) < 4.78 is 0. The summed E-state index contributed by atoms with van der Waals surface area (Å²) >= 11 is 0. The van der Waals surface area contributed by atoms with E-state index in [1.807, 2.05) is 24.3 Å². The number of benzene rings is 1. The monoisotopic (exact) mass is 247 g/mol. The predicted molar refractivity (Wildman–Crippen MR) is 71.4 cm³/mol. The number of carboxylic acid groups (broad SMARTS) is 1. The highest BCUT2D eigenvalue weighted by Crippen LogP contribution is 2.33. The molecule has 0 amide bonds. The van der Waals surface area contributed by atoms with Gasteiger partial charge in [0, 0.05) is 6.54 Å². The molecule has 1 aliphatic carbocycles. The third-order valence-electron chi connectivity index (χ3n) is 3.44. The van der Waals surface area contributed by atoms with Gasteiger partial charge in [-0.25, -0.2) is 0 Å². The molecule has 0 atom stereocenters. The van der Waals surface area contributed by atoms with Crippen LogP contribution in [0.15, 0.2) is 24.3 Å². The fraction of sp³-hybridized carbons (Fsp3) is 0.533. The van der Waals surface area contributed by atoms with Gasteiger partial charge in [0.1, 0.15) is 0 Å². The Labute approximate surface area is 108 Å². The average Bonchev–Trinajstić information content (AvgIpc) is 3.14. The second-order valence-electron chi connectivity index (χ2n) is 5.10. The van der Waals surface area contributed by atoms with E-state index < -0.39 is 5.97 Å². The molecule has 0 aromatic heterocycles. The third-order valence-corrected chi connectivity index (χ3v) is 3.44. The van der Waals surface area contributed by atoms with E-state index in [0.29, 0.717) is 0 Å². The highest BCUT2D eigenvalue weighted by atomic mass is 16.4. The molecule has 3 nitrogen and oxygen atoms in total. The van der Waals surface area contributed by atoms with Crippen LogP contribution in [0.1, 0.15) is 36.8 Å². The first-order valence-electron chi connectivity index (χ1n) is 6.75. The van der Waals surface area contributed by atoms with Crippen LogP contribution >= 0.6 is 0 Å². The molecule has 0 spiro atoms. The molecule has 2 N–H and O–H groups in total. The smallest absolute Gasteiger partial charge is 0.307 e. The number of hydrogen-bond acceptors (Lipinski definition) is 2. The van der Waals surface area contributed by atoms with E-state index in [9.17, 15) is 4.79 Å². The Hall–Kier alpha value is -1.35. The molecule has 0 heterocycles. The standard InChI is InChI=1S/C15H21NO2/c17-15(18)10-13-5-1-2-6-14(13)11-16-9-3-4-12-7-8-12/h1-2,5-6,12,16H,3-4,7-11H2,(H,17,18). The molecule has 0 radical (unpaired) electrons. The summed E-state index contributed by atoms with van der Waals surface area (Å²) in [6, 6.07) is 7.77. The molecule has 0 bridgehead atoms. The highest BCUT2D eigenvalue weighted by Gasteiger charge is 2.19. The molecule has 0 unspecified atom stereocenters. The van der Waals surface area contributed by atoms with Crippen LogP contribution in [0.2, 0.25) is 0 Å². The Morgan fingerprint density at radius 3 is 2.67 bits per heavy atom. The van der Waals surface area contributed by atoms with Crippen molar-refractivity contribution in [2.24, 2.45) is 5.92 Å². The van der Waals surface area contributed by atoms with Crippen LogP contribution in [-0.2, 0) is 17.8 Å². The molecular weight excluding hydrogens is 226 g/mol. The number of hydrogen-bond donors (Lipinski definition) is 2. The maximum Gasteiger partial charge on any atom is 0.307 e. The molecule has 0 aliphatic heterocycles. The molecule has 0 saturated heterocycles. The zero-order chi connectivity index (χ0) is 12.8. The van der Waals surface area contributed by atoms with E-state index in [0.717, 1.165) is 30.1 Å². The van der Waals surface area contributed by atoms with Gasteiger partial charge >= 0.3 is 5.97 Å². The Kier molecular flexibility index (Phi) is 4.76. The average molecular weight is 247 g/mol. The van der Waals surface area contributed by atoms with Gasteiger partial charge in [-0.05, 0) is 36.4 Å². The lowest BCUT2D eigenvalue weighted by molar-refractivity contribution is -0.136. The molecule has 2 rings (SSSR count). The number of aliphatic carboxylic acids is 1. The minimum absolute atomic E-state index is 0.111. The highest BCUT2D eigenvalue weighted by molar-refractivity contribution is 5.70. The van der Waals surface area contributed by atoms with Crippen molar-refractivity contribution < 1.29 is 9.90 Å². The first kappa shape index (κ1) is 13.1. The third kappa shape index (κ3) is 4.49. The van der Waals surface area contributed by atoms with E-state index in [1.54, 1.807) is 0 Å². The van der Waals surface area contributed by atoms with Crippen molar-refractivity contribution in [2.45, 2.75) is 38.6 Å². The molecule has 18 heavy (non-hydrogen) atoms. The lowest BCUT2D eigenvalue weighted by Gasteiger charge is -2.09. The van der Waals surface area contributed by atoms with Crippen molar-refractivity contribution in [3.05, 3.63) is 35.4 Å². The van der Waals surface area contributed by atoms with E-state index in [1.165, 1.54) is 25.7 Å². The second kappa shape index (κ2) is 6.55. The van der Waals surface area contributed by atoms with Crippen LogP contribution in [0.25, 0.3) is 0 Å². The normalized spacial score (nSPS) is 14.7. The minimum atomic E-state index is -0.767. The van der Waals surface area contributed by atoms with Gasteiger partial charge in [0.15, 0.2) is 0 Å². The SMILES string of the molecule is O=C(O)Cc1ccccc1CNCCCC1CC1. The summed E-state index contributed by atoms with van der Waals surface area (Å²) in [5.74, 6) is 0.224. The van der Waals surface area contributed by atoms with Crippen molar-refractivity contribution >= 4 is 5.97 Å². The molecule has 1 aromatic carbocycles. The van der Waals surface area contributed by atoms with Gasteiger partial charge in [-0.15, -0.1) is 0 Å². The van der Waals surface area contributed by atoms with Gasteiger partial charge in [0.05, 0.1) is 6.42 Å². The van der Waals surface area contributed by atoms with E-state index >= 15 is 0 Å². The van der Waals surface area contributed by atoms with Crippen molar-refractivity contribution in [1.29, 1.82) is 0 Å². The van der Waals surface area contributed by atoms with Gasteiger partial charge in [-0.1, -0.05) is 37.1 Å². The van der Waals surface area contributed by atoms with E-state index in [4.69, 9.17) is 5.11 Å². The maximum atomic E-state index is 10.8. The number of carboxylic acids is 1. The number of nitrogens with one attached hydrogen (secondary N) is 1.